The second-order valence-corrected chi connectivity index (χ2v) is 3.87. The molecule has 7 nitrogen and oxygen atoms in total. The Labute approximate surface area is 79.7 Å². The largest absolute Gasteiger partial charge is 0.733 e. The number of anilines is 2. The molecule has 0 radical (unpaired) electrons. The van der Waals surface area contributed by atoms with Crippen LogP contribution in [0.2, 0.25) is 0 Å². The molecule has 0 spiro atoms. The minimum Gasteiger partial charge on any atom is -0.733 e. The zero-order valence-corrected chi connectivity index (χ0v) is 7.60. The highest BCUT2D eigenvalue weighted by molar-refractivity contribution is 7.86. The minimum atomic E-state index is -4.58. The van der Waals surface area contributed by atoms with Crippen LogP contribution in [0.5, 0.6) is 0 Å². The first kappa shape index (κ1) is 10.7. The van der Waals surface area contributed by atoms with E-state index < -0.39 is 25.9 Å². The van der Waals surface area contributed by atoms with Gasteiger partial charge < -0.3 is 16.2 Å². The van der Waals surface area contributed by atoms with Crippen LogP contribution in [0.15, 0.2) is 23.1 Å². The Bertz CT molecular complexity index is 442. The molecule has 0 atom stereocenters. The molecule has 14 heavy (non-hydrogen) atoms. The van der Waals surface area contributed by atoms with Crippen LogP contribution in [0.1, 0.15) is 0 Å². The number of hydrogen-bond acceptors (Lipinski definition) is 6. The van der Waals surface area contributed by atoms with E-state index in [1.54, 1.807) is 0 Å². The van der Waals surface area contributed by atoms with Crippen LogP contribution in [-0.4, -0.2) is 18.2 Å². The Morgan fingerprint density at radius 2 is 2.00 bits per heavy atom. The third-order valence-corrected chi connectivity index (χ3v) is 2.35. The number of benzene rings is 1. The molecule has 8 heteroatoms. The minimum absolute atomic E-state index is 0.0447. The predicted octanol–water partition coefficient (Wildman–Crippen LogP) is 0.209. The first-order valence-corrected chi connectivity index (χ1v) is 4.79. The van der Waals surface area contributed by atoms with E-state index in [4.69, 9.17) is 15.5 Å². The lowest BCUT2D eigenvalue weighted by Crippen LogP contribution is -2.12. The van der Waals surface area contributed by atoms with Gasteiger partial charge >= 0.3 is 0 Å². The van der Waals surface area contributed by atoms with E-state index in [9.17, 15) is 13.6 Å². The van der Waals surface area contributed by atoms with Gasteiger partial charge in [-0.1, -0.05) is 0 Å². The molecule has 0 amide bonds. The van der Waals surface area contributed by atoms with Crippen LogP contribution in [0.25, 0.3) is 0 Å². The van der Waals surface area contributed by atoms with Crippen LogP contribution < -0.4 is 11.0 Å². The molecule has 0 saturated carbocycles. The molecule has 0 fully saturated rings. The Hall–Kier alpha value is -1.35. The Balaban J connectivity index is 3.46. The average Bonchev–Trinajstić information content (AvgIpc) is 2.01. The quantitative estimate of drug-likeness (QED) is 0.368. The molecule has 4 N–H and O–H groups in total. The summed E-state index contributed by atoms with van der Waals surface area (Å²) in [6, 6.07) is 3.06. The van der Waals surface area contributed by atoms with E-state index in [2.05, 4.69) is 0 Å². The fourth-order valence-electron chi connectivity index (χ4n) is 0.895. The summed E-state index contributed by atoms with van der Waals surface area (Å²) in [7, 11) is -4.58. The summed E-state index contributed by atoms with van der Waals surface area (Å²) >= 11 is 0. The number of nitrogens with zero attached hydrogens (tertiary/aromatic N) is 1. The number of rotatable bonds is 2. The molecule has 0 aliphatic heterocycles. The van der Waals surface area contributed by atoms with Crippen LogP contribution in [0, 0.1) is 5.21 Å². The molecule has 1 aromatic carbocycles. The van der Waals surface area contributed by atoms with E-state index in [-0.39, 0.29) is 5.69 Å². The smallest absolute Gasteiger partial charge is 0.296 e. The summed E-state index contributed by atoms with van der Waals surface area (Å²) < 4.78 is 30.2. The topological polar surface area (TPSA) is 127 Å². The maximum absolute atomic E-state index is 10.7. The lowest BCUT2D eigenvalue weighted by Gasteiger charge is -2.23. The van der Waals surface area contributed by atoms with E-state index in [1.807, 2.05) is 0 Å². The van der Waals surface area contributed by atoms with Gasteiger partial charge in [-0.3, -0.25) is 9.76 Å². The Kier molecular flexibility index (Phi) is 2.62. The van der Waals surface area contributed by atoms with Crippen molar-refractivity contribution in [2.45, 2.75) is 4.90 Å². The fourth-order valence-corrected chi connectivity index (χ4v) is 1.59. The van der Waals surface area contributed by atoms with E-state index in [1.165, 1.54) is 6.07 Å². The van der Waals surface area contributed by atoms with Crippen LogP contribution in [0.4, 0.5) is 11.4 Å². The number of nitrogen functional groups attached to an aromatic ring is 1. The van der Waals surface area contributed by atoms with Gasteiger partial charge in [0.1, 0.15) is 4.90 Å². The van der Waals surface area contributed by atoms with Crippen LogP contribution in [-0.2, 0) is 10.1 Å². The maximum atomic E-state index is 10.7. The summed E-state index contributed by atoms with van der Waals surface area (Å²) in [5.74, 6) is 0. The van der Waals surface area contributed by atoms with Crippen molar-refractivity contribution in [3.63, 3.8) is 0 Å². The molecule has 78 valence electrons. The van der Waals surface area contributed by atoms with Gasteiger partial charge in [0.15, 0.2) is 0 Å². The van der Waals surface area contributed by atoms with Crippen LogP contribution >= 0.6 is 0 Å². The molecule has 0 aromatic heterocycles. The van der Waals surface area contributed by atoms with Gasteiger partial charge in [0.05, 0.1) is 5.69 Å². The van der Waals surface area contributed by atoms with E-state index in [0.29, 0.717) is 0 Å². The standard InChI is InChI=1S/C6H7N2O5S/c7-4-1-2-5(8(9)10)6(3-4)14(11,12)13/h1-3,9H,7H2,(H,11,12,13)/q-1. The molecule has 1 aromatic rings. The fraction of sp³-hybridized carbons (Fsp3) is 0. The van der Waals surface area contributed by atoms with Crippen molar-refractivity contribution < 1.29 is 18.2 Å². The summed E-state index contributed by atoms with van der Waals surface area (Å²) in [4.78, 5) is -0.741. The SMILES string of the molecule is Nc1ccc(N([O-])O)c(S(=O)(=O)O)c1. The Morgan fingerprint density at radius 3 is 2.43 bits per heavy atom. The van der Waals surface area contributed by atoms with Gasteiger partial charge in [-0.05, 0) is 18.2 Å². The van der Waals surface area contributed by atoms with Crippen molar-refractivity contribution in [2.75, 3.05) is 11.0 Å². The van der Waals surface area contributed by atoms with Crippen molar-refractivity contribution in [3.05, 3.63) is 23.4 Å². The third kappa shape index (κ3) is 2.12. The molecular weight excluding hydrogens is 212 g/mol. The van der Waals surface area contributed by atoms with E-state index in [0.717, 1.165) is 12.1 Å². The van der Waals surface area contributed by atoms with E-state index >= 15 is 0 Å². The lowest BCUT2D eigenvalue weighted by atomic mass is 10.3. The molecule has 1 rings (SSSR count). The zero-order chi connectivity index (χ0) is 10.9. The van der Waals surface area contributed by atoms with Crippen molar-refractivity contribution in [1.29, 1.82) is 0 Å². The molecular formula is C6H7N2O5S-. The normalized spacial score (nSPS) is 11.4. The van der Waals surface area contributed by atoms with Crippen LogP contribution in [0.3, 0.4) is 0 Å². The molecule has 0 aliphatic rings. The third-order valence-electron chi connectivity index (χ3n) is 1.47. The monoisotopic (exact) mass is 219 g/mol. The van der Waals surface area contributed by atoms with Crippen molar-refractivity contribution >= 4 is 21.5 Å². The molecule has 0 saturated heterocycles. The predicted molar refractivity (Wildman–Crippen MR) is 48.3 cm³/mol. The maximum Gasteiger partial charge on any atom is 0.296 e. The molecule has 0 aliphatic carbocycles. The second-order valence-electron chi connectivity index (χ2n) is 2.48. The van der Waals surface area contributed by atoms with Crippen molar-refractivity contribution in [3.8, 4) is 0 Å². The van der Waals surface area contributed by atoms with Gasteiger partial charge in [0.25, 0.3) is 10.1 Å². The summed E-state index contributed by atoms with van der Waals surface area (Å²) in [5.41, 5.74) is 4.70. The van der Waals surface area contributed by atoms with Crippen molar-refractivity contribution in [1.82, 2.24) is 0 Å². The Morgan fingerprint density at radius 1 is 1.43 bits per heavy atom. The summed E-state index contributed by atoms with van der Waals surface area (Å²) in [6.45, 7) is 0. The number of nitrogens with two attached hydrogens (primary N) is 1. The summed E-state index contributed by atoms with van der Waals surface area (Å²) in [5, 5.41) is 18.3. The highest BCUT2D eigenvalue weighted by Gasteiger charge is 2.16. The highest BCUT2D eigenvalue weighted by atomic mass is 32.2. The molecule has 0 unspecified atom stereocenters. The molecule has 0 bridgehead atoms. The van der Waals surface area contributed by atoms with Gasteiger partial charge in [0, 0.05) is 5.69 Å². The zero-order valence-electron chi connectivity index (χ0n) is 6.78. The average molecular weight is 219 g/mol. The first-order valence-electron chi connectivity index (χ1n) is 3.35. The summed E-state index contributed by atoms with van der Waals surface area (Å²) in [6.07, 6.45) is 0. The van der Waals surface area contributed by atoms with Gasteiger partial charge in [-0.15, -0.1) is 0 Å². The molecule has 0 heterocycles. The second kappa shape index (κ2) is 3.42. The number of hydrogen-bond donors (Lipinski definition) is 3. The lowest BCUT2D eigenvalue weighted by molar-refractivity contribution is 0.294. The van der Waals surface area contributed by atoms with Gasteiger partial charge in [0.2, 0.25) is 0 Å². The highest BCUT2D eigenvalue weighted by Crippen LogP contribution is 2.25. The van der Waals surface area contributed by atoms with Gasteiger partial charge in [-0.25, -0.2) is 0 Å². The first-order chi connectivity index (χ1) is 6.32. The van der Waals surface area contributed by atoms with Gasteiger partial charge in [-0.2, -0.15) is 8.42 Å². The van der Waals surface area contributed by atoms with Crippen molar-refractivity contribution in [2.24, 2.45) is 0 Å².